The van der Waals surface area contributed by atoms with E-state index in [2.05, 4.69) is 27.0 Å². The Balaban J connectivity index is 2.01. The molecule has 0 saturated heterocycles. The summed E-state index contributed by atoms with van der Waals surface area (Å²) in [5, 5.41) is 0. The molecular weight excluding hydrogens is 302 g/mol. The topological polar surface area (TPSA) is 51.8 Å². The van der Waals surface area contributed by atoms with Crippen LogP contribution in [0.1, 0.15) is 30.3 Å². The van der Waals surface area contributed by atoms with Crippen molar-refractivity contribution in [3.8, 4) is 11.3 Å². The van der Waals surface area contributed by atoms with E-state index in [0.29, 0.717) is 12.0 Å². The molecule has 2 aromatic rings. The summed E-state index contributed by atoms with van der Waals surface area (Å²) in [6, 6.07) is 10.5. The summed E-state index contributed by atoms with van der Waals surface area (Å²) >= 11 is 3.58. The van der Waals surface area contributed by atoms with Gasteiger partial charge < -0.3 is 5.73 Å². The average molecular weight is 318 g/mol. The molecule has 1 aliphatic rings. The number of nitrogens with zero attached hydrogens (tertiary/aromatic N) is 2. The highest BCUT2D eigenvalue weighted by Crippen LogP contribution is 2.35. The zero-order chi connectivity index (χ0) is 13.4. The van der Waals surface area contributed by atoms with Gasteiger partial charge in [0.25, 0.3) is 0 Å². The van der Waals surface area contributed by atoms with Gasteiger partial charge in [-0.25, -0.2) is 9.97 Å². The minimum Gasteiger partial charge on any atom is -0.328 e. The van der Waals surface area contributed by atoms with Crippen molar-refractivity contribution in [2.24, 2.45) is 5.73 Å². The van der Waals surface area contributed by atoms with Crippen molar-refractivity contribution < 1.29 is 0 Å². The normalized spacial score (nSPS) is 22.1. The molecular formula is C15H16BrN3. The van der Waals surface area contributed by atoms with Crippen LogP contribution < -0.4 is 5.73 Å². The first-order valence-corrected chi connectivity index (χ1v) is 7.29. The van der Waals surface area contributed by atoms with Gasteiger partial charge in [0.2, 0.25) is 0 Å². The molecule has 1 aromatic carbocycles. The number of benzene rings is 1. The largest absolute Gasteiger partial charge is 0.328 e. The van der Waals surface area contributed by atoms with E-state index < -0.39 is 0 Å². The highest BCUT2D eigenvalue weighted by molar-refractivity contribution is 9.10. The molecule has 4 heteroatoms. The van der Waals surface area contributed by atoms with Crippen LogP contribution in [0.3, 0.4) is 0 Å². The third kappa shape index (κ3) is 2.55. The van der Waals surface area contributed by atoms with Crippen LogP contribution in [0, 0.1) is 6.92 Å². The Labute approximate surface area is 121 Å². The van der Waals surface area contributed by atoms with Gasteiger partial charge in [0, 0.05) is 27.7 Å². The lowest BCUT2D eigenvalue weighted by molar-refractivity contribution is 0.338. The molecule has 19 heavy (non-hydrogen) atoms. The lowest BCUT2D eigenvalue weighted by Gasteiger charge is -2.31. The number of aryl methyl sites for hydroxylation is 1. The van der Waals surface area contributed by atoms with Crippen molar-refractivity contribution in [1.29, 1.82) is 0 Å². The van der Waals surface area contributed by atoms with Gasteiger partial charge in [0.1, 0.15) is 5.82 Å². The van der Waals surface area contributed by atoms with E-state index in [1.165, 1.54) is 0 Å². The summed E-state index contributed by atoms with van der Waals surface area (Å²) in [5.74, 6) is 1.36. The van der Waals surface area contributed by atoms with Crippen molar-refractivity contribution in [3.63, 3.8) is 0 Å². The van der Waals surface area contributed by atoms with Gasteiger partial charge in [0.15, 0.2) is 0 Å². The third-order valence-electron chi connectivity index (χ3n) is 3.56. The van der Waals surface area contributed by atoms with Gasteiger partial charge >= 0.3 is 0 Å². The van der Waals surface area contributed by atoms with E-state index in [4.69, 9.17) is 10.7 Å². The quantitative estimate of drug-likeness (QED) is 0.923. The van der Waals surface area contributed by atoms with Gasteiger partial charge in [-0.05, 0) is 31.9 Å². The third-order valence-corrected chi connectivity index (χ3v) is 4.25. The fraction of sp³-hybridized carbons (Fsp3) is 0.333. The first-order valence-electron chi connectivity index (χ1n) is 6.49. The number of rotatable bonds is 2. The maximum Gasteiger partial charge on any atom is 0.132 e. The molecule has 0 bridgehead atoms. The predicted octanol–water partition coefficient (Wildman–Crippen LogP) is 3.42. The molecule has 1 aromatic heterocycles. The summed E-state index contributed by atoms with van der Waals surface area (Å²) in [6.45, 7) is 2.02. The average Bonchev–Trinajstić information content (AvgIpc) is 2.35. The molecule has 98 valence electrons. The second-order valence-corrected chi connectivity index (χ2v) is 6.02. The van der Waals surface area contributed by atoms with Crippen molar-refractivity contribution in [1.82, 2.24) is 9.97 Å². The first-order chi connectivity index (χ1) is 9.13. The predicted molar refractivity (Wildman–Crippen MR) is 79.9 cm³/mol. The molecule has 0 aliphatic heterocycles. The molecule has 3 nitrogen and oxygen atoms in total. The molecule has 0 atom stereocenters. The minimum absolute atomic E-state index is 0.320. The fourth-order valence-corrected chi connectivity index (χ4v) is 2.94. The number of nitrogens with two attached hydrogens (primary N) is 1. The molecule has 1 saturated carbocycles. The molecule has 2 N–H and O–H groups in total. The summed E-state index contributed by atoms with van der Waals surface area (Å²) in [7, 11) is 0. The fourth-order valence-electron chi connectivity index (χ4n) is 2.45. The second-order valence-electron chi connectivity index (χ2n) is 5.16. The van der Waals surface area contributed by atoms with Crippen LogP contribution in [-0.2, 0) is 0 Å². The standard InChI is InChI=1S/C15H16BrN3/c1-9-6-14(12-4-2-3-5-13(12)16)19-15(18-9)10-7-11(17)8-10/h2-6,10-11H,7-8,17H2,1H3. The van der Waals surface area contributed by atoms with Gasteiger partial charge in [-0.3, -0.25) is 0 Å². The molecule has 0 unspecified atom stereocenters. The van der Waals surface area contributed by atoms with Crippen molar-refractivity contribution in [2.75, 3.05) is 0 Å². The van der Waals surface area contributed by atoms with E-state index in [9.17, 15) is 0 Å². The Hall–Kier alpha value is -1.26. The van der Waals surface area contributed by atoms with Crippen LogP contribution in [0.5, 0.6) is 0 Å². The van der Waals surface area contributed by atoms with Crippen LogP contribution in [0.2, 0.25) is 0 Å². The van der Waals surface area contributed by atoms with Crippen LogP contribution in [0.25, 0.3) is 11.3 Å². The maximum absolute atomic E-state index is 5.85. The van der Waals surface area contributed by atoms with Gasteiger partial charge in [-0.1, -0.05) is 34.1 Å². The van der Waals surface area contributed by atoms with Gasteiger partial charge in [0.05, 0.1) is 5.69 Å². The Kier molecular flexibility index (Phi) is 3.37. The zero-order valence-corrected chi connectivity index (χ0v) is 12.4. The second kappa shape index (κ2) is 5.02. The van der Waals surface area contributed by atoms with Crippen LogP contribution in [0.15, 0.2) is 34.8 Å². The van der Waals surface area contributed by atoms with E-state index in [1.807, 2.05) is 31.2 Å². The Morgan fingerprint density at radius 2 is 1.95 bits per heavy atom. The van der Waals surface area contributed by atoms with E-state index in [0.717, 1.165) is 40.1 Å². The Morgan fingerprint density at radius 1 is 1.21 bits per heavy atom. The molecule has 1 fully saturated rings. The maximum atomic E-state index is 5.85. The van der Waals surface area contributed by atoms with Crippen LogP contribution in [0.4, 0.5) is 0 Å². The number of hydrogen-bond acceptors (Lipinski definition) is 3. The molecule has 0 spiro atoms. The summed E-state index contributed by atoms with van der Waals surface area (Å²) in [5.41, 5.74) is 8.96. The van der Waals surface area contributed by atoms with Crippen LogP contribution in [-0.4, -0.2) is 16.0 Å². The van der Waals surface area contributed by atoms with Gasteiger partial charge in [-0.2, -0.15) is 0 Å². The number of halogens is 1. The monoisotopic (exact) mass is 317 g/mol. The lowest BCUT2D eigenvalue weighted by Crippen LogP contribution is -2.35. The first kappa shape index (κ1) is 12.8. The zero-order valence-electron chi connectivity index (χ0n) is 10.8. The Morgan fingerprint density at radius 3 is 2.63 bits per heavy atom. The lowest BCUT2D eigenvalue weighted by atomic mass is 9.80. The number of aromatic nitrogens is 2. The number of hydrogen-bond donors (Lipinski definition) is 1. The van der Waals surface area contributed by atoms with Crippen molar-refractivity contribution >= 4 is 15.9 Å². The SMILES string of the molecule is Cc1cc(-c2ccccc2Br)nc(C2CC(N)C2)n1. The highest BCUT2D eigenvalue weighted by Gasteiger charge is 2.30. The van der Waals surface area contributed by atoms with Crippen molar-refractivity contribution in [3.05, 3.63) is 46.3 Å². The summed E-state index contributed by atoms with van der Waals surface area (Å²) in [4.78, 5) is 9.29. The van der Waals surface area contributed by atoms with Crippen molar-refractivity contribution in [2.45, 2.75) is 31.7 Å². The minimum atomic E-state index is 0.320. The summed E-state index contributed by atoms with van der Waals surface area (Å²) in [6.07, 6.45) is 2.00. The Bertz CT molecular complexity index is 606. The van der Waals surface area contributed by atoms with E-state index in [1.54, 1.807) is 0 Å². The molecule has 1 aliphatic carbocycles. The smallest absolute Gasteiger partial charge is 0.132 e. The van der Waals surface area contributed by atoms with E-state index in [-0.39, 0.29) is 0 Å². The molecule has 3 rings (SSSR count). The van der Waals surface area contributed by atoms with Crippen LogP contribution >= 0.6 is 15.9 Å². The molecule has 0 radical (unpaired) electrons. The van der Waals surface area contributed by atoms with E-state index >= 15 is 0 Å². The summed E-state index contributed by atoms with van der Waals surface area (Å²) < 4.78 is 1.06. The highest BCUT2D eigenvalue weighted by atomic mass is 79.9. The van der Waals surface area contributed by atoms with Gasteiger partial charge in [-0.15, -0.1) is 0 Å². The molecule has 0 amide bonds. The molecule has 1 heterocycles.